The molecule has 0 spiro atoms. The molecule has 0 amide bonds. The van der Waals surface area contributed by atoms with E-state index in [0.29, 0.717) is 0 Å². The number of nitrogens with zero attached hydrogens (tertiary/aromatic N) is 1. The molecule has 0 aliphatic rings. The zero-order chi connectivity index (χ0) is 12.4. The molecule has 0 bridgehead atoms. The summed E-state index contributed by atoms with van der Waals surface area (Å²) in [5.41, 5.74) is 4.89. The molecule has 0 saturated heterocycles. The minimum absolute atomic E-state index is 1.01. The molecule has 17 heavy (non-hydrogen) atoms. The lowest BCUT2D eigenvalue weighted by molar-refractivity contribution is -0.683. The zero-order valence-electron chi connectivity index (χ0n) is 11.3. The predicted octanol–water partition coefficient (Wildman–Crippen LogP) is 3.84. The van der Waals surface area contributed by atoms with E-state index in [1.54, 1.807) is 0 Å². The van der Waals surface area contributed by atoms with Gasteiger partial charge in [0.15, 0.2) is 6.54 Å². The molecule has 92 valence electrons. The normalized spacial score (nSPS) is 11.3. The van der Waals surface area contributed by atoms with Crippen LogP contribution < -0.4 is 4.57 Å². The summed E-state index contributed by atoms with van der Waals surface area (Å²) in [5, 5.41) is 0. The second-order valence-corrected chi connectivity index (χ2v) is 4.88. The molecule has 1 aromatic carbocycles. The second kappa shape index (κ2) is 4.91. The highest BCUT2D eigenvalue weighted by Gasteiger charge is 2.19. The van der Waals surface area contributed by atoms with E-state index in [1.165, 1.54) is 35.9 Å². The van der Waals surface area contributed by atoms with Crippen LogP contribution >= 0.6 is 0 Å². The van der Waals surface area contributed by atoms with Crippen molar-refractivity contribution in [1.29, 1.82) is 0 Å². The Morgan fingerprint density at radius 3 is 2.47 bits per heavy atom. The lowest BCUT2D eigenvalue weighted by Gasteiger charge is -1.97. The number of fused-ring (bicyclic) bond motifs is 1. The largest absolute Gasteiger partial charge is 0.402 e. The number of oxazole rings is 1. The Balaban J connectivity index is 2.40. The van der Waals surface area contributed by atoms with E-state index in [4.69, 9.17) is 4.42 Å². The molecule has 0 atom stereocenters. The number of hydrogen-bond acceptors (Lipinski definition) is 1. The third-order valence-electron chi connectivity index (χ3n) is 3.49. The summed E-state index contributed by atoms with van der Waals surface area (Å²) in [6.45, 7) is 9.64. The maximum Gasteiger partial charge on any atom is 0.344 e. The molecular weight excluding hydrogens is 210 g/mol. The molecule has 0 unspecified atom stereocenters. The molecule has 0 radical (unpaired) electrons. The van der Waals surface area contributed by atoms with Gasteiger partial charge in [-0.1, -0.05) is 13.3 Å². The molecule has 2 nitrogen and oxygen atoms in total. The van der Waals surface area contributed by atoms with Gasteiger partial charge >= 0.3 is 5.89 Å². The van der Waals surface area contributed by atoms with Gasteiger partial charge in [-0.15, -0.1) is 0 Å². The second-order valence-electron chi connectivity index (χ2n) is 4.88. The van der Waals surface area contributed by atoms with Crippen molar-refractivity contribution in [1.82, 2.24) is 0 Å². The average Bonchev–Trinajstić information content (AvgIpc) is 2.57. The number of aryl methyl sites for hydroxylation is 4. The number of benzene rings is 1. The Labute approximate surface area is 103 Å². The maximum absolute atomic E-state index is 5.83. The fourth-order valence-electron chi connectivity index (χ4n) is 2.25. The first-order chi connectivity index (χ1) is 8.13. The molecule has 0 fully saturated rings. The molecule has 2 heteroatoms. The van der Waals surface area contributed by atoms with Crippen molar-refractivity contribution in [3.63, 3.8) is 0 Å². The Kier molecular flexibility index (Phi) is 3.51. The van der Waals surface area contributed by atoms with Gasteiger partial charge in [0.2, 0.25) is 5.58 Å². The summed E-state index contributed by atoms with van der Waals surface area (Å²) in [4.78, 5) is 0. The SMILES string of the molecule is CCCCC[n+]1c(C)oc2cc(C)c(C)cc21. The van der Waals surface area contributed by atoms with Crippen LogP contribution in [-0.4, -0.2) is 0 Å². The summed E-state index contributed by atoms with van der Waals surface area (Å²) < 4.78 is 8.13. The van der Waals surface area contributed by atoms with Crippen LogP contribution in [0.25, 0.3) is 11.1 Å². The van der Waals surface area contributed by atoms with Gasteiger partial charge in [0.25, 0.3) is 5.52 Å². The van der Waals surface area contributed by atoms with E-state index in [2.05, 4.69) is 44.4 Å². The number of rotatable bonds is 4. The van der Waals surface area contributed by atoms with Crippen LogP contribution in [0.4, 0.5) is 0 Å². The lowest BCUT2D eigenvalue weighted by atomic mass is 10.1. The summed E-state index contributed by atoms with van der Waals surface area (Å²) in [5.74, 6) is 1.01. The summed E-state index contributed by atoms with van der Waals surface area (Å²) in [6.07, 6.45) is 3.76. The van der Waals surface area contributed by atoms with E-state index >= 15 is 0 Å². The molecule has 0 aliphatic heterocycles. The summed E-state index contributed by atoms with van der Waals surface area (Å²) >= 11 is 0. The minimum atomic E-state index is 1.01. The van der Waals surface area contributed by atoms with Crippen molar-refractivity contribution >= 4 is 11.1 Å². The minimum Gasteiger partial charge on any atom is -0.402 e. The first-order valence-corrected chi connectivity index (χ1v) is 6.53. The summed E-state index contributed by atoms with van der Waals surface area (Å²) in [7, 11) is 0. The van der Waals surface area contributed by atoms with Crippen molar-refractivity contribution in [2.45, 2.75) is 53.5 Å². The smallest absolute Gasteiger partial charge is 0.344 e. The number of hydrogen-bond donors (Lipinski definition) is 0. The van der Waals surface area contributed by atoms with Crippen molar-refractivity contribution in [3.05, 3.63) is 29.2 Å². The molecule has 0 N–H and O–H groups in total. The van der Waals surface area contributed by atoms with Crippen LogP contribution in [0.5, 0.6) is 0 Å². The molecule has 0 aliphatic carbocycles. The van der Waals surface area contributed by atoms with Crippen molar-refractivity contribution in [3.8, 4) is 0 Å². The topological polar surface area (TPSA) is 17.0 Å². The van der Waals surface area contributed by atoms with Crippen molar-refractivity contribution in [2.75, 3.05) is 0 Å². The van der Waals surface area contributed by atoms with E-state index < -0.39 is 0 Å². The highest BCUT2D eigenvalue weighted by atomic mass is 16.3. The Morgan fingerprint density at radius 2 is 1.76 bits per heavy atom. The van der Waals surface area contributed by atoms with Crippen LogP contribution in [-0.2, 0) is 6.54 Å². The van der Waals surface area contributed by atoms with Gasteiger partial charge < -0.3 is 4.42 Å². The highest BCUT2D eigenvalue weighted by molar-refractivity contribution is 5.71. The third-order valence-corrected chi connectivity index (χ3v) is 3.49. The molecule has 1 aromatic heterocycles. The quantitative estimate of drug-likeness (QED) is 0.578. The Morgan fingerprint density at radius 1 is 1.06 bits per heavy atom. The standard InChI is InChI=1S/C15H22NO/c1-5-6-7-8-16-13(4)17-15-10-12(3)11(2)9-14(15)16/h9-10H,5-8H2,1-4H3/q+1. The van der Waals surface area contributed by atoms with E-state index in [1.807, 2.05) is 0 Å². The average molecular weight is 232 g/mol. The molecular formula is C15H22NO+. The monoisotopic (exact) mass is 232 g/mol. The van der Waals surface area contributed by atoms with Crippen LogP contribution in [0.1, 0.15) is 43.2 Å². The van der Waals surface area contributed by atoms with Gasteiger partial charge in [0, 0.05) is 12.5 Å². The molecule has 1 heterocycles. The van der Waals surface area contributed by atoms with Gasteiger partial charge in [-0.25, -0.2) is 0 Å². The highest BCUT2D eigenvalue weighted by Crippen LogP contribution is 2.19. The van der Waals surface area contributed by atoms with Crippen LogP contribution in [0.3, 0.4) is 0 Å². The van der Waals surface area contributed by atoms with E-state index in [0.717, 1.165) is 18.0 Å². The first kappa shape index (κ1) is 12.2. The van der Waals surface area contributed by atoms with E-state index in [9.17, 15) is 0 Å². The predicted molar refractivity (Wildman–Crippen MR) is 70.1 cm³/mol. The fourth-order valence-corrected chi connectivity index (χ4v) is 2.25. The van der Waals surface area contributed by atoms with Crippen molar-refractivity contribution < 1.29 is 8.98 Å². The fraction of sp³-hybridized carbons (Fsp3) is 0.533. The lowest BCUT2D eigenvalue weighted by Crippen LogP contribution is -2.35. The molecule has 2 aromatic rings. The van der Waals surface area contributed by atoms with Gasteiger partial charge in [0.05, 0.1) is 6.92 Å². The van der Waals surface area contributed by atoms with Gasteiger partial charge in [-0.05, 0) is 37.5 Å². The Hall–Kier alpha value is -1.31. The third kappa shape index (κ3) is 2.36. The summed E-state index contributed by atoms with van der Waals surface area (Å²) in [6, 6.07) is 4.39. The van der Waals surface area contributed by atoms with Gasteiger partial charge in [-0.3, -0.25) is 0 Å². The number of aromatic nitrogens is 1. The number of unbranched alkanes of at least 4 members (excludes halogenated alkanes) is 2. The molecule has 2 rings (SSSR count). The molecule has 0 saturated carbocycles. The zero-order valence-corrected chi connectivity index (χ0v) is 11.3. The van der Waals surface area contributed by atoms with Gasteiger partial charge in [-0.2, -0.15) is 4.57 Å². The first-order valence-electron chi connectivity index (χ1n) is 6.53. The van der Waals surface area contributed by atoms with Gasteiger partial charge in [0.1, 0.15) is 0 Å². The van der Waals surface area contributed by atoms with Crippen LogP contribution in [0.2, 0.25) is 0 Å². The van der Waals surface area contributed by atoms with Crippen molar-refractivity contribution in [2.24, 2.45) is 0 Å². The Bertz CT molecular complexity index is 525. The van der Waals surface area contributed by atoms with Crippen LogP contribution in [0.15, 0.2) is 16.5 Å². The van der Waals surface area contributed by atoms with Crippen LogP contribution in [0, 0.1) is 20.8 Å². The van der Waals surface area contributed by atoms with E-state index in [-0.39, 0.29) is 0 Å². The maximum atomic E-state index is 5.83.